The fourth-order valence-corrected chi connectivity index (χ4v) is 3.44. The van der Waals surface area contributed by atoms with Crippen molar-refractivity contribution in [3.8, 4) is 11.3 Å². The molecule has 3 rings (SSSR count). The van der Waals surface area contributed by atoms with Crippen LogP contribution < -0.4 is 5.32 Å². The van der Waals surface area contributed by atoms with Crippen molar-refractivity contribution in [3.05, 3.63) is 58.7 Å². The monoisotopic (exact) mass is 329 g/mol. The second kappa shape index (κ2) is 6.90. The Morgan fingerprint density at radius 2 is 2.09 bits per heavy atom. The van der Waals surface area contributed by atoms with Gasteiger partial charge in [0.05, 0.1) is 5.01 Å². The smallest absolute Gasteiger partial charge is 0.130 e. The molecule has 0 amide bonds. The number of aromatic nitrogens is 2. The van der Waals surface area contributed by atoms with E-state index in [-0.39, 0.29) is 0 Å². The van der Waals surface area contributed by atoms with Crippen LogP contribution in [0.5, 0.6) is 0 Å². The summed E-state index contributed by atoms with van der Waals surface area (Å²) in [6, 6.07) is 13.6. The van der Waals surface area contributed by atoms with Crippen LogP contribution in [0, 0.1) is 0 Å². The minimum Gasteiger partial charge on any atom is -0.330 e. The minimum atomic E-state index is 0.714. The van der Waals surface area contributed by atoms with Gasteiger partial charge in [-0.1, -0.05) is 36.7 Å². The van der Waals surface area contributed by atoms with Crippen molar-refractivity contribution in [3.63, 3.8) is 0 Å². The van der Waals surface area contributed by atoms with Gasteiger partial charge in [0.25, 0.3) is 0 Å². The van der Waals surface area contributed by atoms with E-state index in [1.54, 1.807) is 17.5 Å². The Morgan fingerprint density at radius 3 is 2.82 bits per heavy atom. The van der Waals surface area contributed by atoms with Crippen molar-refractivity contribution < 1.29 is 0 Å². The van der Waals surface area contributed by atoms with E-state index in [1.165, 1.54) is 0 Å². The maximum atomic E-state index is 6.12. The van der Waals surface area contributed by atoms with Crippen LogP contribution in [0.25, 0.3) is 11.3 Å². The van der Waals surface area contributed by atoms with E-state index < -0.39 is 0 Å². The number of halogens is 1. The predicted molar refractivity (Wildman–Crippen MR) is 94.1 cm³/mol. The zero-order chi connectivity index (χ0) is 15.4. The number of hydrogen-bond acceptors (Lipinski definition) is 4. The van der Waals surface area contributed by atoms with Crippen LogP contribution >= 0.6 is 22.9 Å². The number of nitrogens with zero attached hydrogens (tertiary/aromatic N) is 2. The first-order chi connectivity index (χ1) is 10.8. The zero-order valence-electron chi connectivity index (χ0n) is 12.2. The highest BCUT2D eigenvalue weighted by Gasteiger charge is 2.13. The molecule has 0 aliphatic carbocycles. The third-order valence-corrected chi connectivity index (χ3v) is 4.41. The average molecular weight is 330 g/mol. The summed E-state index contributed by atoms with van der Waals surface area (Å²) in [6.07, 6.45) is 3.82. The van der Waals surface area contributed by atoms with Crippen LogP contribution in [-0.4, -0.2) is 9.97 Å². The molecule has 0 aliphatic heterocycles. The van der Waals surface area contributed by atoms with E-state index in [2.05, 4.69) is 17.2 Å². The van der Waals surface area contributed by atoms with Crippen LogP contribution in [0.15, 0.2) is 48.7 Å². The number of nitrogens with one attached hydrogen (secondary N) is 1. The molecule has 0 radical (unpaired) electrons. The van der Waals surface area contributed by atoms with E-state index >= 15 is 0 Å². The van der Waals surface area contributed by atoms with Gasteiger partial charge < -0.3 is 5.32 Å². The number of anilines is 2. The summed E-state index contributed by atoms with van der Waals surface area (Å²) in [5, 5.41) is 6.21. The van der Waals surface area contributed by atoms with E-state index in [4.69, 9.17) is 16.6 Å². The van der Waals surface area contributed by atoms with E-state index in [1.807, 2.05) is 42.5 Å². The molecule has 0 saturated heterocycles. The van der Waals surface area contributed by atoms with Gasteiger partial charge in [0, 0.05) is 16.8 Å². The predicted octanol–water partition coefficient (Wildman–Crippen LogP) is 5.55. The van der Waals surface area contributed by atoms with Gasteiger partial charge in [-0.15, -0.1) is 11.3 Å². The molecule has 3 nitrogen and oxygen atoms in total. The normalized spacial score (nSPS) is 10.6. The highest BCUT2D eigenvalue weighted by Crippen LogP contribution is 2.36. The van der Waals surface area contributed by atoms with Crippen LogP contribution in [-0.2, 0) is 6.42 Å². The molecule has 0 fully saturated rings. The molecule has 2 heterocycles. The summed E-state index contributed by atoms with van der Waals surface area (Å²) in [4.78, 5) is 9.10. The third-order valence-electron chi connectivity index (χ3n) is 3.14. The SMILES string of the molecule is CCCc1nc(-c2cccc(Cl)c2)c(Nc2ccccn2)s1. The minimum absolute atomic E-state index is 0.714. The molecule has 3 aromatic rings. The average Bonchev–Trinajstić information content (AvgIpc) is 2.91. The van der Waals surface area contributed by atoms with Gasteiger partial charge in [-0.2, -0.15) is 0 Å². The summed E-state index contributed by atoms with van der Waals surface area (Å²) < 4.78 is 0. The Kier molecular flexibility index (Phi) is 4.71. The van der Waals surface area contributed by atoms with Gasteiger partial charge in [-0.05, 0) is 37.1 Å². The molecule has 2 aromatic heterocycles. The molecule has 5 heteroatoms. The molecular formula is C17H16ClN3S. The number of rotatable bonds is 5. The van der Waals surface area contributed by atoms with Crippen LogP contribution in [0.4, 0.5) is 10.8 Å². The fourth-order valence-electron chi connectivity index (χ4n) is 2.15. The van der Waals surface area contributed by atoms with E-state index in [0.29, 0.717) is 5.02 Å². The molecule has 1 N–H and O–H groups in total. The number of benzene rings is 1. The van der Waals surface area contributed by atoms with Crippen LogP contribution in [0.3, 0.4) is 0 Å². The van der Waals surface area contributed by atoms with Crippen LogP contribution in [0.2, 0.25) is 5.02 Å². The lowest BCUT2D eigenvalue weighted by atomic mass is 10.1. The van der Waals surface area contributed by atoms with Crippen molar-refractivity contribution in [2.24, 2.45) is 0 Å². The van der Waals surface area contributed by atoms with Crippen molar-refractivity contribution in [2.45, 2.75) is 19.8 Å². The van der Waals surface area contributed by atoms with Gasteiger partial charge in [-0.3, -0.25) is 0 Å². The van der Waals surface area contributed by atoms with Gasteiger partial charge in [0.15, 0.2) is 0 Å². The van der Waals surface area contributed by atoms with Crippen molar-refractivity contribution in [2.75, 3.05) is 5.32 Å². The summed E-state index contributed by atoms with van der Waals surface area (Å²) in [5.74, 6) is 0.817. The third kappa shape index (κ3) is 3.46. The Labute approximate surface area is 139 Å². The maximum Gasteiger partial charge on any atom is 0.130 e. The standard InChI is InChI=1S/C17H16ClN3S/c1-2-6-15-21-16(12-7-5-8-13(18)11-12)17(22-15)20-14-9-3-4-10-19-14/h3-5,7-11H,2,6H2,1H3,(H,19,20). The quantitative estimate of drug-likeness (QED) is 0.666. The Hall–Kier alpha value is -1.91. The lowest BCUT2D eigenvalue weighted by Gasteiger charge is -2.05. The molecule has 0 atom stereocenters. The van der Waals surface area contributed by atoms with Gasteiger partial charge in [0.2, 0.25) is 0 Å². The largest absolute Gasteiger partial charge is 0.330 e. The molecule has 0 unspecified atom stereocenters. The number of hydrogen-bond donors (Lipinski definition) is 1. The van der Waals surface area contributed by atoms with Crippen molar-refractivity contribution >= 4 is 33.8 Å². The Bertz CT molecular complexity index is 756. The molecule has 0 saturated carbocycles. The first-order valence-corrected chi connectivity index (χ1v) is 8.39. The molecule has 1 aromatic carbocycles. The molecular weight excluding hydrogens is 314 g/mol. The zero-order valence-corrected chi connectivity index (χ0v) is 13.8. The molecule has 22 heavy (non-hydrogen) atoms. The number of thiazole rings is 1. The first kappa shape index (κ1) is 15.0. The van der Waals surface area contributed by atoms with Crippen LogP contribution in [0.1, 0.15) is 18.4 Å². The van der Waals surface area contributed by atoms with Gasteiger partial charge in [-0.25, -0.2) is 9.97 Å². The van der Waals surface area contributed by atoms with Crippen molar-refractivity contribution in [1.29, 1.82) is 0 Å². The highest BCUT2D eigenvalue weighted by molar-refractivity contribution is 7.16. The Balaban J connectivity index is 2.00. The number of aryl methyl sites for hydroxylation is 1. The lowest BCUT2D eigenvalue weighted by Crippen LogP contribution is -1.92. The summed E-state index contributed by atoms with van der Waals surface area (Å²) in [7, 11) is 0. The fraction of sp³-hybridized carbons (Fsp3) is 0.176. The summed E-state index contributed by atoms with van der Waals surface area (Å²) in [6.45, 7) is 2.16. The summed E-state index contributed by atoms with van der Waals surface area (Å²) >= 11 is 7.79. The topological polar surface area (TPSA) is 37.8 Å². The lowest BCUT2D eigenvalue weighted by molar-refractivity contribution is 0.910. The van der Waals surface area contributed by atoms with E-state index in [9.17, 15) is 0 Å². The van der Waals surface area contributed by atoms with Gasteiger partial charge >= 0.3 is 0 Å². The second-order valence-corrected chi connectivity index (χ2v) is 6.41. The molecule has 0 aliphatic rings. The van der Waals surface area contributed by atoms with Crippen molar-refractivity contribution in [1.82, 2.24) is 9.97 Å². The maximum absolute atomic E-state index is 6.12. The highest BCUT2D eigenvalue weighted by atomic mass is 35.5. The summed E-state index contributed by atoms with van der Waals surface area (Å²) in [5.41, 5.74) is 1.95. The molecule has 0 bridgehead atoms. The molecule has 0 spiro atoms. The van der Waals surface area contributed by atoms with E-state index in [0.717, 1.165) is 39.9 Å². The molecule has 112 valence electrons. The van der Waals surface area contributed by atoms with Gasteiger partial charge in [0.1, 0.15) is 16.5 Å². The Morgan fingerprint density at radius 1 is 1.18 bits per heavy atom. The first-order valence-electron chi connectivity index (χ1n) is 7.20. The number of pyridine rings is 1. The second-order valence-electron chi connectivity index (χ2n) is 4.89.